The molecule has 0 aliphatic rings. The molecular weight excluding hydrogens is 329 g/mol. The third-order valence-electron chi connectivity index (χ3n) is 1.67. The van der Waals surface area contributed by atoms with Crippen molar-refractivity contribution >= 4 is 34.2 Å². The van der Waals surface area contributed by atoms with Crippen molar-refractivity contribution in [3.63, 3.8) is 0 Å². The highest BCUT2D eigenvalue weighted by molar-refractivity contribution is 14.1. The highest BCUT2D eigenvalue weighted by Gasteiger charge is 2.33. The summed E-state index contributed by atoms with van der Waals surface area (Å²) in [6.07, 6.45) is -4.38. The predicted octanol–water partition coefficient (Wildman–Crippen LogP) is 3.42. The van der Waals surface area contributed by atoms with Crippen molar-refractivity contribution < 1.29 is 13.2 Å². The zero-order valence-electron chi connectivity index (χ0n) is 6.83. The van der Waals surface area contributed by atoms with Crippen LogP contribution >= 0.6 is 34.2 Å². The minimum absolute atomic E-state index is 0.0166. The van der Waals surface area contributed by atoms with Crippen molar-refractivity contribution in [1.29, 1.82) is 0 Å². The molecule has 14 heavy (non-hydrogen) atoms. The van der Waals surface area contributed by atoms with Crippen molar-refractivity contribution in [3.8, 4) is 0 Å². The SMILES string of the molecule is NCc1cc(Cl)c(I)cc1C(F)(F)F. The number of nitrogens with two attached hydrogens (primary N) is 1. The van der Waals surface area contributed by atoms with Gasteiger partial charge in [0, 0.05) is 10.1 Å². The molecule has 0 radical (unpaired) electrons. The van der Waals surface area contributed by atoms with Gasteiger partial charge in [0.15, 0.2) is 0 Å². The van der Waals surface area contributed by atoms with Crippen LogP contribution in [-0.2, 0) is 12.7 Å². The lowest BCUT2D eigenvalue weighted by Gasteiger charge is -2.12. The third-order valence-corrected chi connectivity index (χ3v) is 3.20. The van der Waals surface area contributed by atoms with Gasteiger partial charge in [-0.05, 0) is 40.3 Å². The lowest BCUT2D eigenvalue weighted by molar-refractivity contribution is -0.138. The maximum absolute atomic E-state index is 12.4. The Labute approximate surface area is 97.6 Å². The number of benzene rings is 1. The Bertz CT molecular complexity index is 351. The van der Waals surface area contributed by atoms with Gasteiger partial charge in [-0.25, -0.2) is 0 Å². The maximum Gasteiger partial charge on any atom is 0.416 e. The number of alkyl halides is 3. The molecule has 1 rings (SSSR count). The maximum atomic E-state index is 12.4. The Morgan fingerprint density at radius 1 is 1.36 bits per heavy atom. The van der Waals surface area contributed by atoms with Gasteiger partial charge in [0.05, 0.1) is 10.6 Å². The molecule has 0 spiro atoms. The first kappa shape index (κ1) is 12.1. The minimum atomic E-state index is -4.38. The van der Waals surface area contributed by atoms with Gasteiger partial charge in [-0.2, -0.15) is 13.2 Å². The van der Waals surface area contributed by atoms with Crippen LogP contribution in [0.15, 0.2) is 12.1 Å². The number of rotatable bonds is 1. The van der Waals surface area contributed by atoms with Crippen molar-refractivity contribution in [3.05, 3.63) is 31.9 Å². The Kier molecular flexibility index (Phi) is 3.65. The van der Waals surface area contributed by atoms with Gasteiger partial charge in [-0.15, -0.1) is 0 Å². The minimum Gasteiger partial charge on any atom is -0.326 e. The van der Waals surface area contributed by atoms with Gasteiger partial charge in [0.2, 0.25) is 0 Å². The van der Waals surface area contributed by atoms with E-state index < -0.39 is 11.7 Å². The Hall–Kier alpha value is -0.0100. The van der Waals surface area contributed by atoms with Crippen LogP contribution in [0.4, 0.5) is 13.2 Å². The summed E-state index contributed by atoms with van der Waals surface area (Å²) in [4.78, 5) is 0. The summed E-state index contributed by atoms with van der Waals surface area (Å²) in [6.45, 7) is -0.175. The van der Waals surface area contributed by atoms with Crippen LogP contribution in [0.2, 0.25) is 5.02 Å². The van der Waals surface area contributed by atoms with Crippen molar-refractivity contribution in [2.24, 2.45) is 5.73 Å². The summed E-state index contributed by atoms with van der Waals surface area (Å²) in [6, 6.07) is 2.26. The van der Waals surface area contributed by atoms with Gasteiger partial charge in [-0.3, -0.25) is 0 Å². The summed E-state index contributed by atoms with van der Waals surface area (Å²) in [5, 5.41) is 0.291. The average Bonchev–Trinajstić information content (AvgIpc) is 2.07. The second kappa shape index (κ2) is 4.24. The Balaban J connectivity index is 3.35. The molecule has 2 N–H and O–H groups in total. The molecule has 78 valence electrons. The second-order valence-electron chi connectivity index (χ2n) is 2.63. The smallest absolute Gasteiger partial charge is 0.326 e. The molecule has 6 heteroatoms. The van der Waals surface area contributed by atoms with E-state index in [1.54, 1.807) is 22.6 Å². The summed E-state index contributed by atoms with van der Waals surface area (Å²) in [5.74, 6) is 0. The van der Waals surface area contributed by atoms with E-state index in [9.17, 15) is 13.2 Å². The Morgan fingerprint density at radius 3 is 2.36 bits per heavy atom. The molecule has 1 aromatic rings. The van der Waals surface area contributed by atoms with E-state index in [4.69, 9.17) is 17.3 Å². The van der Waals surface area contributed by atoms with Gasteiger partial charge < -0.3 is 5.73 Å². The average molecular weight is 335 g/mol. The zero-order chi connectivity index (χ0) is 10.9. The number of hydrogen-bond donors (Lipinski definition) is 1. The van der Waals surface area contributed by atoms with E-state index in [1.165, 1.54) is 6.07 Å². The van der Waals surface area contributed by atoms with Crippen LogP contribution in [0, 0.1) is 3.57 Å². The molecule has 0 fully saturated rings. The van der Waals surface area contributed by atoms with Gasteiger partial charge in [-0.1, -0.05) is 11.6 Å². The van der Waals surface area contributed by atoms with Gasteiger partial charge in [0.1, 0.15) is 0 Å². The fourth-order valence-corrected chi connectivity index (χ4v) is 1.67. The quantitative estimate of drug-likeness (QED) is 0.782. The van der Waals surface area contributed by atoms with E-state index in [0.717, 1.165) is 6.07 Å². The van der Waals surface area contributed by atoms with Crippen LogP contribution in [0.5, 0.6) is 0 Å². The van der Waals surface area contributed by atoms with Crippen LogP contribution in [0.3, 0.4) is 0 Å². The second-order valence-corrected chi connectivity index (χ2v) is 4.19. The fourth-order valence-electron chi connectivity index (χ4n) is 1.02. The molecule has 1 nitrogen and oxygen atoms in total. The monoisotopic (exact) mass is 335 g/mol. The molecule has 0 bridgehead atoms. The highest BCUT2D eigenvalue weighted by atomic mass is 127. The third kappa shape index (κ3) is 2.52. The first-order chi connectivity index (χ1) is 6.36. The molecular formula is C8H6ClF3IN. The Morgan fingerprint density at radius 2 is 1.93 bits per heavy atom. The van der Waals surface area contributed by atoms with E-state index in [0.29, 0.717) is 8.59 Å². The van der Waals surface area contributed by atoms with E-state index in [2.05, 4.69) is 0 Å². The first-order valence-electron chi connectivity index (χ1n) is 3.61. The summed E-state index contributed by atoms with van der Waals surface area (Å²) >= 11 is 7.43. The topological polar surface area (TPSA) is 26.0 Å². The first-order valence-corrected chi connectivity index (χ1v) is 5.07. The molecule has 0 saturated heterocycles. The fraction of sp³-hybridized carbons (Fsp3) is 0.250. The lowest BCUT2D eigenvalue weighted by atomic mass is 10.1. The number of hydrogen-bond acceptors (Lipinski definition) is 1. The lowest BCUT2D eigenvalue weighted by Crippen LogP contribution is -2.12. The van der Waals surface area contributed by atoms with Crippen molar-refractivity contribution in [2.45, 2.75) is 12.7 Å². The van der Waals surface area contributed by atoms with Gasteiger partial charge >= 0.3 is 6.18 Å². The molecule has 0 aliphatic heterocycles. The van der Waals surface area contributed by atoms with Crippen LogP contribution < -0.4 is 5.73 Å². The zero-order valence-corrected chi connectivity index (χ0v) is 9.74. The molecule has 1 aromatic carbocycles. The summed E-state index contributed by atoms with van der Waals surface area (Å²) in [7, 11) is 0. The van der Waals surface area contributed by atoms with Crippen LogP contribution in [-0.4, -0.2) is 0 Å². The molecule has 0 aromatic heterocycles. The number of halogens is 5. The van der Waals surface area contributed by atoms with E-state index >= 15 is 0 Å². The standard InChI is InChI=1S/C8H6ClF3IN/c9-6-1-4(3-14)5(2-7(6)13)8(10,11)12/h1-2H,3,14H2. The van der Waals surface area contributed by atoms with E-state index in [1.807, 2.05) is 0 Å². The van der Waals surface area contributed by atoms with Crippen LogP contribution in [0.25, 0.3) is 0 Å². The molecule has 0 amide bonds. The van der Waals surface area contributed by atoms with Crippen molar-refractivity contribution in [1.82, 2.24) is 0 Å². The predicted molar refractivity (Wildman–Crippen MR) is 57.1 cm³/mol. The van der Waals surface area contributed by atoms with E-state index in [-0.39, 0.29) is 12.1 Å². The largest absolute Gasteiger partial charge is 0.416 e. The molecule has 0 atom stereocenters. The molecule has 0 heterocycles. The molecule has 0 unspecified atom stereocenters. The summed E-state index contributed by atoms with van der Waals surface area (Å²) in [5.41, 5.74) is 4.51. The molecule has 0 saturated carbocycles. The summed E-state index contributed by atoms with van der Waals surface area (Å²) < 4.78 is 37.7. The highest BCUT2D eigenvalue weighted by Crippen LogP contribution is 2.35. The van der Waals surface area contributed by atoms with Crippen LogP contribution in [0.1, 0.15) is 11.1 Å². The van der Waals surface area contributed by atoms with Gasteiger partial charge in [0.25, 0.3) is 0 Å². The van der Waals surface area contributed by atoms with Crippen molar-refractivity contribution in [2.75, 3.05) is 0 Å². The molecule has 0 aliphatic carbocycles. The normalized spacial score (nSPS) is 11.9.